The minimum atomic E-state index is -0.230. The van der Waals surface area contributed by atoms with Crippen molar-refractivity contribution in [3.05, 3.63) is 22.4 Å². The first-order valence-electron chi connectivity index (χ1n) is 3.19. The van der Waals surface area contributed by atoms with Crippen molar-refractivity contribution in [2.24, 2.45) is 0 Å². The number of hydrogen-bond acceptors (Lipinski definition) is 2. The van der Waals surface area contributed by atoms with Gasteiger partial charge in [-0.15, -0.1) is 0 Å². The molecule has 0 aliphatic carbocycles. The first-order chi connectivity index (χ1) is 5.61. The molecule has 0 atom stereocenters. The molecule has 0 unspecified atom stereocenters. The standard InChI is InChI=1S/C7H6Cl2N2O/c1-4(12)11-6-5(8)2-3-10-7(6)9/h2-3H,1H3,(H,11,12). The monoisotopic (exact) mass is 204 g/mol. The highest BCUT2D eigenvalue weighted by molar-refractivity contribution is 6.38. The summed E-state index contributed by atoms with van der Waals surface area (Å²) in [5.74, 6) is -0.230. The van der Waals surface area contributed by atoms with Crippen LogP contribution in [0.4, 0.5) is 5.69 Å². The molecule has 1 amide bonds. The van der Waals surface area contributed by atoms with Crippen molar-refractivity contribution < 1.29 is 4.79 Å². The zero-order valence-corrected chi connectivity index (χ0v) is 7.78. The Labute approximate surface area is 79.7 Å². The first kappa shape index (κ1) is 9.29. The van der Waals surface area contributed by atoms with Crippen LogP contribution in [0.3, 0.4) is 0 Å². The number of carbonyl (C=O) groups is 1. The van der Waals surface area contributed by atoms with E-state index >= 15 is 0 Å². The van der Waals surface area contributed by atoms with Gasteiger partial charge in [-0.25, -0.2) is 4.98 Å². The molecular weight excluding hydrogens is 199 g/mol. The summed E-state index contributed by atoms with van der Waals surface area (Å²) >= 11 is 11.4. The number of hydrogen-bond donors (Lipinski definition) is 1. The molecule has 1 aromatic heterocycles. The van der Waals surface area contributed by atoms with Gasteiger partial charge < -0.3 is 5.32 Å². The molecule has 64 valence electrons. The lowest BCUT2D eigenvalue weighted by molar-refractivity contribution is -0.114. The topological polar surface area (TPSA) is 42.0 Å². The number of halogens is 2. The Bertz CT molecular complexity index is 294. The van der Waals surface area contributed by atoms with Crippen LogP contribution in [0.15, 0.2) is 12.3 Å². The fourth-order valence-corrected chi connectivity index (χ4v) is 1.15. The highest BCUT2D eigenvalue weighted by Gasteiger charge is 2.06. The van der Waals surface area contributed by atoms with Gasteiger partial charge in [-0.3, -0.25) is 4.79 Å². The van der Waals surface area contributed by atoms with Gasteiger partial charge in [0.25, 0.3) is 0 Å². The maximum Gasteiger partial charge on any atom is 0.221 e. The normalized spacial score (nSPS) is 9.58. The zero-order chi connectivity index (χ0) is 9.14. The number of nitrogens with zero attached hydrogens (tertiary/aromatic N) is 1. The van der Waals surface area contributed by atoms with Crippen LogP contribution in [0, 0.1) is 0 Å². The van der Waals surface area contributed by atoms with Gasteiger partial charge in [-0.05, 0) is 6.07 Å². The lowest BCUT2D eigenvalue weighted by Crippen LogP contribution is -2.07. The molecule has 0 radical (unpaired) electrons. The summed E-state index contributed by atoms with van der Waals surface area (Å²) in [5, 5.41) is 3.05. The van der Waals surface area contributed by atoms with Crippen molar-refractivity contribution in [1.82, 2.24) is 4.98 Å². The van der Waals surface area contributed by atoms with Gasteiger partial charge in [0, 0.05) is 13.1 Å². The van der Waals surface area contributed by atoms with Gasteiger partial charge in [0.2, 0.25) is 5.91 Å². The number of nitrogens with one attached hydrogen (secondary N) is 1. The maximum absolute atomic E-state index is 10.7. The third kappa shape index (κ3) is 2.09. The van der Waals surface area contributed by atoms with Crippen LogP contribution in [0.5, 0.6) is 0 Å². The maximum atomic E-state index is 10.7. The van der Waals surface area contributed by atoms with E-state index in [9.17, 15) is 4.79 Å². The smallest absolute Gasteiger partial charge is 0.221 e. The fraction of sp³-hybridized carbons (Fsp3) is 0.143. The minimum absolute atomic E-state index is 0.192. The fourth-order valence-electron chi connectivity index (χ4n) is 0.702. The summed E-state index contributed by atoms with van der Waals surface area (Å²) in [7, 11) is 0. The Morgan fingerprint density at radius 1 is 1.58 bits per heavy atom. The zero-order valence-electron chi connectivity index (χ0n) is 6.27. The third-order valence-electron chi connectivity index (χ3n) is 1.15. The Morgan fingerprint density at radius 2 is 2.25 bits per heavy atom. The molecule has 0 aliphatic heterocycles. The lowest BCUT2D eigenvalue weighted by Gasteiger charge is -2.04. The van der Waals surface area contributed by atoms with Crippen molar-refractivity contribution in [3.8, 4) is 0 Å². The molecule has 3 nitrogen and oxygen atoms in total. The SMILES string of the molecule is CC(=O)Nc1c(Cl)ccnc1Cl. The van der Waals surface area contributed by atoms with Crippen LogP contribution in [0.25, 0.3) is 0 Å². The molecule has 1 heterocycles. The van der Waals surface area contributed by atoms with E-state index in [0.717, 1.165) is 0 Å². The Hall–Kier alpha value is -0.800. The van der Waals surface area contributed by atoms with Crippen molar-refractivity contribution >= 4 is 34.8 Å². The summed E-state index contributed by atoms with van der Waals surface area (Å²) < 4.78 is 0. The summed E-state index contributed by atoms with van der Waals surface area (Å²) in [6.07, 6.45) is 1.47. The van der Waals surface area contributed by atoms with E-state index in [4.69, 9.17) is 23.2 Å². The van der Waals surface area contributed by atoms with Gasteiger partial charge in [-0.2, -0.15) is 0 Å². The molecule has 1 N–H and O–H groups in total. The number of carbonyl (C=O) groups excluding carboxylic acids is 1. The summed E-state index contributed by atoms with van der Waals surface area (Å²) in [6, 6.07) is 1.55. The Kier molecular flexibility index (Phi) is 2.89. The molecule has 0 aromatic carbocycles. The van der Waals surface area contributed by atoms with Gasteiger partial charge in [-0.1, -0.05) is 23.2 Å². The Morgan fingerprint density at radius 3 is 2.75 bits per heavy atom. The number of rotatable bonds is 1. The molecule has 12 heavy (non-hydrogen) atoms. The van der Waals surface area contributed by atoms with E-state index in [1.807, 2.05) is 0 Å². The molecule has 0 spiro atoms. The van der Waals surface area contributed by atoms with E-state index in [-0.39, 0.29) is 11.1 Å². The number of aromatic nitrogens is 1. The van der Waals surface area contributed by atoms with Gasteiger partial charge in [0.15, 0.2) is 5.15 Å². The van der Waals surface area contributed by atoms with Crippen LogP contribution in [-0.4, -0.2) is 10.9 Å². The second-order valence-electron chi connectivity index (χ2n) is 2.14. The van der Waals surface area contributed by atoms with Gasteiger partial charge >= 0.3 is 0 Å². The van der Waals surface area contributed by atoms with Crippen LogP contribution < -0.4 is 5.32 Å². The molecule has 0 saturated heterocycles. The highest BCUT2D eigenvalue weighted by Crippen LogP contribution is 2.27. The third-order valence-corrected chi connectivity index (χ3v) is 1.76. The second-order valence-corrected chi connectivity index (χ2v) is 2.90. The second kappa shape index (κ2) is 3.74. The summed E-state index contributed by atoms with van der Waals surface area (Å²) in [5.41, 5.74) is 0.355. The quantitative estimate of drug-likeness (QED) is 0.715. The first-order valence-corrected chi connectivity index (χ1v) is 3.94. The minimum Gasteiger partial charge on any atom is -0.322 e. The van der Waals surface area contributed by atoms with Crippen molar-refractivity contribution in [3.63, 3.8) is 0 Å². The number of anilines is 1. The predicted octanol–water partition coefficient (Wildman–Crippen LogP) is 2.35. The molecule has 0 aliphatic rings. The van der Waals surface area contributed by atoms with E-state index < -0.39 is 0 Å². The molecule has 1 rings (SSSR count). The van der Waals surface area contributed by atoms with Crippen molar-refractivity contribution in [1.29, 1.82) is 0 Å². The summed E-state index contributed by atoms with van der Waals surface area (Å²) in [6.45, 7) is 1.37. The van der Waals surface area contributed by atoms with Crippen LogP contribution in [-0.2, 0) is 4.79 Å². The average Bonchev–Trinajstić information content (AvgIpc) is 1.97. The average molecular weight is 205 g/mol. The van der Waals surface area contributed by atoms with E-state index in [1.54, 1.807) is 6.07 Å². The number of pyridine rings is 1. The predicted molar refractivity (Wildman–Crippen MR) is 48.6 cm³/mol. The molecule has 0 saturated carbocycles. The van der Waals surface area contributed by atoms with Crippen molar-refractivity contribution in [2.45, 2.75) is 6.92 Å². The van der Waals surface area contributed by atoms with Gasteiger partial charge in [0.1, 0.15) is 0 Å². The largest absolute Gasteiger partial charge is 0.322 e. The van der Waals surface area contributed by atoms with E-state index in [0.29, 0.717) is 10.7 Å². The van der Waals surface area contributed by atoms with E-state index in [2.05, 4.69) is 10.3 Å². The molecular formula is C7H6Cl2N2O. The Balaban J connectivity index is 3.04. The molecule has 1 aromatic rings. The van der Waals surface area contributed by atoms with E-state index in [1.165, 1.54) is 13.1 Å². The number of amides is 1. The van der Waals surface area contributed by atoms with Crippen LogP contribution in [0.2, 0.25) is 10.2 Å². The lowest BCUT2D eigenvalue weighted by atomic mass is 10.4. The molecule has 0 bridgehead atoms. The molecule has 0 fully saturated rings. The van der Waals surface area contributed by atoms with Gasteiger partial charge in [0.05, 0.1) is 10.7 Å². The highest BCUT2D eigenvalue weighted by atomic mass is 35.5. The van der Waals surface area contributed by atoms with Crippen LogP contribution >= 0.6 is 23.2 Å². The van der Waals surface area contributed by atoms with Crippen LogP contribution in [0.1, 0.15) is 6.92 Å². The van der Waals surface area contributed by atoms with Crippen molar-refractivity contribution in [2.75, 3.05) is 5.32 Å². The summed E-state index contributed by atoms with van der Waals surface area (Å²) in [4.78, 5) is 14.4. The molecule has 5 heteroatoms.